The van der Waals surface area contributed by atoms with Gasteiger partial charge in [-0.15, -0.1) is 14.1 Å². The highest BCUT2D eigenvalue weighted by molar-refractivity contribution is 7.39. The SMILES string of the molecule is B/C(=C/C=C)C(C)(C)PC. The van der Waals surface area contributed by atoms with E-state index >= 15 is 0 Å². The molecule has 0 radical (unpaired) electrons. The Kier molecular flexibility index (Phi) is 3.97. The molecule has 0 rings (SSSR count). The third kappa shape index (κ3) is 2.71. The van der Waals surface area contributed by atoms with Gasteiger partial charge in [-0.25, -0.2) is 0 Å². The van der Waals surface area contributed by atoms with Crippen LogP contribution in [0.5, 0.6) is 0 Å². The van der Waals surface area contributed by atoms with Crippen molar-refractivity contribution in [2.24, 2.45) is 0 Å². The average molecular weight is 154 g/mol. The molecule has 1 atom stereocenters. The molecule has 0 spiro atoms. The van der Waals surface area contributed by atoms with Gasteiger partial charge in [0.05, 0.1) is 0 Å². The standard InChI is InChI=1S/C8H16BP/c1-5-6-7(9)8(2,3)10-4/h5-6,10H,1,9H2,2-4H3/b7-6+. The molecule has 0 aromatic heterocycles. The van der Waals surface area contributed by atoms with Crippen LogP contribution in [0.25, 0.3) is 0 Å². The van der Waals surface area contributed by atoms with Crippen LogP contribution in [0.4, 0.5) is 0 Å². The van der Waals surface area contributed by atoms with Gasteiger partial charge in [0.25, 0.3) is 0 Å². The van der Waals surface area contributed by atoms with E-state index in [2.05, 4.69) is 41.0 Å². The largest absolute Gasteiger partial charge is 0.135 e. The molecule has 0 aliphatic carbocycles. The predicted octanol–water partition coefficient (Wildman–Crippen LogP) is 1.78. The summed E-state index contributed by atoms with van der Waals surface area (Å²) in [6.45, 7) is 10.4. The second kappa shape index (κ2) is 3.98. The van der Waals surface area contributed by atoms with E-state index in [9.17, 15) is 0 Å². The molecule has 0 aromatic carbocycles. The molecule has 0 amide bonds. The predicted molar refractivity (Wildman–Crippen MR) is 55.1 cm³/mol. The first-order valence-electron chi connectivity index (χ1n) is 3.53. The molecule has 2 heteroatoms. The zero-order valence-electron chi connectivity index (χ0n) is 7.36. The number of hydrogen-bond donors (Lipinski definition) is 0. The van der Waals surface area contributed by atoms with E-state index in [1.807, 2.05) is 6.08 Å². The molecule has 1 unspecified atom stereocenters. The maximum atomic E-state index is 3.68. The molecule has 0 aliphatic rings. The van der Waals surface area contributed by atoms with Gasteiger partial charge in [0.1, 0.15) is 7.85 Å². The van der Waals surface area contributed by atoms with Crippen LogP contribution in [0.15, 0.2) is 24.2 Å². The van der Waals surface area contributed by atoms with Crippen molar-refractivity contribution in [1.29, 1.82) is 0 Å². The summed E-state index contributed by atoms with van der Waals surface area (Å²) >= 11 is 0. The lowest BCUT2D eigenvalue weighted by Gasteiger charge is -2.23. The molecule has 0 aliphatic heterocycles. The van der Waals surface area contributed by atoms with E-state index in [1.54, 1.807) is 0 Å². The molecular formula is C8H16BP. The molecule has 0 nitrogen and oxygen atoms in total. The van der Waals surface area contributed by atoms with Gasteiger partial charge >= 0.3 is 0 Å². The van der Waals surface area contributed by atoms with Crippen LogP contribution in [0.2, 0.25) is 0 Å². The highest BCUT2D eigenvalue weighted by Gasteiger charge is 2.15. The van der Waals surface area contributed by atoms with Gasteiger partial charge in [0, 0.05) is 0 Å². The molecule has 0 fully saturated rings. The van der Waals surface area contributed by atoms with Crippen molar-refractivity contribution in [3.05, 3.63) is 24.2 Å². The monoisotopic (exact) mass is 154 g/mol. The van der Waals surface area contributed by atoms with Crippen LogP contribution in [0, 0.1) is 0 Å². The zero-order valence-corrected chi connectivity index (χ0v) is 8.36. The van der Waals surface area contributed by atoms with E-state index in [0.717, 1.165) is 8.58 Å². The third-order valence-electron chi connectivity index (χ3n) is 1.98. The maximum absolute atomic E-state index is 3.68. The van der Waals surface area contributed by atoms with Crippen LogP contribution in [0.3, 0.4) is 0 Å². The van der Waals surface area contributed by atoms with Crippen molar-refractivity contribution >= 4 is 16.4 Å². The first kappa shape index (κ1) is 9.97. The third-order valence-corrected chi connectivity index (χ3v) is 3.62. The van der Waals surface area contributed by atoms with Gasteiger partial charge < -0.3 is 0 Å². The van der Waals surface area contributed by atoms with Gasteiger partial charge in [-0.1, -0.05) is 32.6 Å². The highest BCUT2D eigenvalue weighted by Crippen LogP contribution is 2.33. The summed E-state index contributed by atoms with van der Waals surface area (Å²) in [7, 11) is 3.12. The van der Waals surface area contributed by atoms with Crippen molar-refractivity contribution in [2.45, 2.75) is 19.0 Å². The topological polar surface area (TPSA) is 0 Å². The summed E-state index contributed by atoms with van der Waals surface area (Å²) in [5.74, 6) is 0. The Morgan fingerprint density at radius 2 is 2.10 bits per heavy atom. The summed E-state index contributed by atoms with van der Waals surface area (Å²) in [6.07, 6.45) is 3.95. The average Bonchev–Trinajstić information content (AvgIpc) is 1.89. The van der Waals surface area contributed by atoms with Crippen LogP contribution in [-0.4, -0.2) is 19.7 Å². The van der Waals surface area contributed by atoms with Crippen LogP contribution in [0.1, 0.15) is 13.8 Å². The molecule has 0 saturated carbocycles. The van der Waals surface area contributed by atoms with Crippen molar-refractivity contribution < 1.29 is 0 Å². The Morgan fingerprint density at radius 1 is 1.60 bits per heavy atom. The molecule has 0 heterocycles. The van der Waals surface area contributed by atoms with E-state index < -0.39 is 0 Å². The molecule has 56 valence electrons. The lowest BCUT2D eigenvalue weighted by molar-refractivity contribution is 0.873. The number of allylic oxidation sites excluding steroid dienone is 3. The van der Waals surface area contributed by atoms with Gasteiger partial charge in [-0.3, -0.25) is 0 Å². The Hall–Kier alpha value is -0.0251. The molecule has 0 bridgehead atoms. The zero-order chi connectivity index (χ0) is 8.20. The summed E-state index contributed by atoms with van der Waals surface area (Å²) in [5, 5.41) is 0.369. The van der Waals surface area contributed by atoms with Crippen LogP contribution >= 0.6 is 8.58 Å². The van der Waals surface area contributed by atoms with E-state index in [-0.39, 0.29) is 0 Å². The van der Waals surface area contributed by atoms with Crippen molar-refractivity contribution in [3.8, 4) is 0 Å². The summed E-state index contributed by atoms with van der Waals surface area (Å²) < 4.78 is 0. The Labute approximate surface area is 67.0 Å². The van der Waals surface area contributed by atoms with Crippen molar-refractivity contribution in [1.82, 2.24) is 0 Å². The fourth-order valence-corrected chi connectivity index (χ4v) is 1.06. The fraction of sp³-hybridized carbons (Fsp3) is 0.500. The quantitative estimate of drug-likeness (QED) is 0.330. The molecule has 0 saturated heterocycles. The summed E-state index contributed by atoms with van der Waals surface area (Å²) in [4.78, 5) is 0. The number of rotatable bonds is 3. The second-order valence-electron chi connectivity index (χ2n) is 2.96. The minimum absolute atomic E-state index is 0.369. The Morgan fingerprint density at radius 3 is 2.40 bits per heavy atom. The van der Waals surface area contributed by atoms with E-state index in [0.29, 0.717) is 5.16 Å². The van der Waals surface area contributed by atoms with Gasteiger partial charge in [0.2, 0.25) is 0 Å². The summed E-state index contributed by atoms with van der Waals surface area (Å²) in [6, 6.07) is 0. The van der Waals surface area contributed by atoms with Crippen LogP contribution in [-0.2, 0) is 0 Å². The highest BCUT2D eigenvalue weighted by atomic mass is 31.1. The molecule has 10 heavy (non-hydrogen) atoms. The Bertz CT molecular complexity index is 147. The van der Waals surface area contributed by atoms with Gasteiger partial charge in [-0.05, 0) is 11.8 Å². The normalized spacial score (nSPS) is 14.5. The molecule has 0 aromatic rings. The number of hydrogen-bond acceptors (Lipinski definition) is 0. The molecule has 0 N–H and O–H groups in total. The Balaban J connectivity index is 4.31. The summed E-state index contributed by atoms with van der Waals surface area (Å²) in [5.41, 5.74) is 1.42. The first-order valence-corrected chi connectivity index (χ1v) is 5.03. The fourth-order valence-electron chi connectivity index (χ4n) is 0.582. The smallest absolute Gasteiger partial charge is 0.116 e. The van der Waals surface area contributed by atoms with Crippen LogP contribution < -0.4 is 0 Å². The first-order chi connectivity index (χ1) is 4.54. The lowest BCUT2D eigenvalue weighted by Crippen LogP contribution is -2.15. The second-order valence-corrected chi connectivity index (χ2v) is 4.71. The van der Waals surface area contributed by atoms with Crippen molar-refractivity contribution in [3.63, 3.8) is 0 Å². The van der Waals surface area contributed by atoms with Gasteiger partial charge in [-0.2, -0.15) is 0 Å². The minimum Gasteiger partial charge on any atom is -0.116 e. The van der Waals surface area contributed by atoms with Crippen molar-refractivity contribution in [2.75, 3.05) is 6.66 Å². The lowest BCUT2D eigenvalue weighted by atomic mass is 9.84. The maximum Gasteiger partial charge on any atom is 0.135 e. The van der Waals surface area contributed by atoms with E-state index in [4.69, 9.17) is 0 Å². The van der Waals surface area contributed by atoms with E-state index in [1.165, 1.54) is 5.47 Å². The molecular weight excluding hydrogens is 138 g/mol. The van der Waals surface area contributed by atoms with Gasteiger partial charge in [0.15, 0.2) is 0 Å². The minimum atomic E-state index is 0.369.